The summed E-state index contributed by atoms with van der Waals surface area (Å²) >= 11 is 0. The summed E-state index contributed by atoms with van der Waals surface area (Å²) < 4.78 is 0.396. The third-order valence-corrected chi connectivity index (χ3v) is 2.95. The highest BCUT2D eigenvalue weighted by Gasteiger charge is 2.22. The van der Waals surface area contributed by atoms with E-state index in [1.165, 1.54) is 12.8 Å². The van der Waals surface area contributed by atoms with Crippen molar-refractivity contribution >= 4 is 5.97 Å². The number of hydrogen-bond acceptors (Lipinski definition) is 2. The lowest BCUT2D eigenvalue weighted by molar-refractivity contribution is -0.842. The number of nitrogens with zero attached hydrogens (tertiary/aromatic N) is 1. The minimum Gasteiger partial charge on any atom is -0.507 e. The van der Waals surface area contributed by atoms with Gasteiger partial charge in [-0.25, -0.2) is 0 Å². The number of carboxylic acids is 1. The van der Waals surface area contributed by atoms with Crippen molar-refractivity contribution in [1.82, 2.24) is 0 Å². The van der Waals surface area contributed by atoms with Crippen molar-refractivity contribution < 1.29 is 19.5 Å². The highest BCUT2D eigenvalue weighted by atomic mass is 16.4. The molecule has 0 spiro atoms. The maximum Gasteiger partial charge on any atom is 0.311 e. The van der Waals surface area contributed by atoms with Gasteiger partial charge in [0.15, 0.2) is 0 Å². The van der Waals surface area contributed by atoms with Gasteiger partial charge in [0, 0.05) is 6.42 Å². The molecule has 4 nitrogen and oxygen atoms in total. The molecule has 0 fully saturated rings. The largest absolute Gasteiger partial charge is 0.507 e. The molecule has 18 heavy (non-hydrogen) atoms. The van der Waals surface area contributed by atoms with Gasteiger partial charge in [0.1, 0.15) is 17.9 Å². The number of carbonyl (C=O) groups is 1. The number of carboxylic acid groups (broad SMARTS) is 1. The summed E-state index contributed by atoms with van der Waals surface area (Å²) in [5.74, 6) is -0.838. The minimum absolute atomic E-state index is 0.369. The highest BCUT2D eigenvalue weighted by molar-refractivity contribution is 5.69. The molecule has 0 aromatic rings. The van der Waals surface area contributed by atoms with Crippen LogP contribution in [0.3, 0.4) is 0 Å². The van der Waals surface area contributed by atoms with Gasteiger partial charge in [-0.15, -0.1) is 0 Å². The van der Waals surface area contributed by atoms with E-state index in [4.69, 9.17) is 5.11 Å². The van der Waals surface area contributed by atoms with Crippen LogP contribution in [0.5, 0.6) is 0 Å². The van der Waals surface area contributed by atoms with Gasteiger partial charge in [-0.3, -0.25) is 9.28 Å². The van der Waals surface area contributed by atoms with E-state index in [1.807, 2.05) is 14.1 Å². The van der Waals surface area contributed by atoms with Crippen molar-refractivity contribution in [3.63, 3.8) is 0 Å². The third kappa shape index (κ3) is 8.12. The molecule has 0 aliphatic carbocycles. The fourth-order valence-electron chi connectivity index (χ4n) is 2.04. The van der Waals surface area contributed by atoms with E-state index in [-0.39, 0.29) is 0 Å². The monoisotopic (exact) mass is 258 g/mol. The van der Waals surface area contributed by atoms with Gasteiger partial charge in [-0.05, 0) is 13.3 Å². The second kappa shape index (κ2) is 8.14. The second-order valence-corrected chi connectivity index (χ2v) is 5.63. The molecule has 0 radical (unpaired) electrons. The standard InChI is InChI=1S/C14H27NO3/c1-5-6-7-8-9-13(16)11-15(3,4)10-12(2)14(17)18/h11-12H,5-10H2,1-4H3,(H-,16,17,18)/p+1/b13-11-. The first-order valence-corrected chi connectivity index (χ1v) is 6.74. The summed E-state index contributed by atoms with van der Waals surface area (Å²) in [4.78, 5) is 10.8. The lowest BCUT2D eigenvalue weighted by Crippen LogP contribution is -2.40. The molecule has 0 saturated heterocycles. The first-order chi connectivity index (χ1) is 8.28. The van der Waals surface area contributed by atoms with Crippen LogP contribution in [-0.2, 0) is 4.79 Å². The summed E-state index contributed by atoms with van der Waals surface area (Å²) in [7, 11) is 3.81. The van der Waals surface area contributed by atoms with E-state index in [0.29, 0.717) is 23.2 Å². The molecule has 1 unspecified atom stereocenters. The van der Waals surface area contributed by atoms with Crippen molar-refractivity contribution in [2.45, 2.75) is 46.0 Å². The summed E-state index contributed by atoms with van der Waals surface area (Å²) in [5.41, 5.74) is 0. The Morgan fingerprint density at radius 2 is 1.83 bits per heavy atom. The molecular formula is C14H28NO3+. The summed E-state index contributed by atoms with van der Waals surface area (Å²) in [6.45, 7) is 4.33. The van der Waals surface area contributed by atoms with Crippen molar-refractivity contribution in [1.29, 1.82) is 0 Å². The van der Waals surface area contributed by atoms with Crippen LogP contribution in [0.1, 0.15) is 46.0 Å². The number of allylic oxidation sites excluding steroid dienone is 1. The van der Waals surface area contributed by atoms with Crippen LogP contribution in [0.25, 0.3) is 0 Å². The zero-order valence-corrected chi connectivity index (χ0v) is 12.1. The molecule has 0 saturated carbocycles. The van der Waals surface area contributed by atoms with Crippen molar-refractivity contribution in [2.75, 3.05) is 20.6 Å². The molecular weight excluding hydrogens is 230 g/mol. The molecule has 4 heteroatoms. The maximum absolute atomic E-state index is 10.8. The van der Waals surface area contributed by atoms with Crippen LogP contribution in [0, 0.1) is 5.92 Å². The maximum atomic E-state index is 10.8. The van der Waals surface area contributed by atoms with Crippen LogP contribution in [0.4, 0.5) is 0 Å². The average Bonchev–Trinajstić information content (AvgIpc) is 2.22. The van der Waals surface area contributed by atoms with Crippen molar-refractivity contribution in [3.8, 4) is 0 Å². The second-order valence-electron chi connectivity index (χ2n) is 5.63. The van der Waals surface area contributed by atoms with Crippen LogP contribution in [0.2, 0.25) is 0 Å². The lowest BCUT2D eigenvalue weighted by Gasteiger charge is -2.27. The topological polar surface area (TPSA) is 57.5 Å². The molecule has 0 aromatic heterocycles. The van der Waals surface area contributed by atoms with Crippen molar-refractivity contribution in [3.05, 3.63) is 12.0 Å². The molecule has 1 atom stereocenters. The normalized spacial score (nSPS) is 14.6. The van der Waals surface area contributed by atoms with Crippen LogP contribution in [0.15, 0.2) is 12.0 Å². The van der Waals surface area contributed by atoms with E-state index in [1.54, 1.807) is 13.1 Å². The fourth-order valence-corrected chi connectivity index (χ4v) is 2.04. The van der Waals surface area contributed by atoms with Crippen LogP contribution < -0.4 is 0 Å². The molecule has 0 aliphatic heterocycles. The Bertz CT molecular complexity index is 285. The zero-order valence-electron chi connectivity index (χ0n) is 12.1. The SMILES string of the molecule is CCCCCC/C(O)=C/[N+](C)(C)CC(C)C(=O)O. The number of rotatable bonds is 9. The number of aliphatic carboxylic acids is 1. The smallest absolute Gasteiger partial charge is 0.311 e. The third-order valence-electron chi connectivity index (χ3n) is 2.95. The number of aliphatic hydroxyl groups is 1. The number of aliphatic hydroxyl groups excluding tert-OH is 1. The molecule has 0 bridgehead atoms. The number of quaternary nitrogens is 1. The van der Waals surface area contributed by atoms with Gasteiger partial charge in [0.2, 0.25) is 0 Å². The first-order valence-electron chi connectivity index (χ1n) is 6.74. The fraction of sp³-hybridized carbons (Fsp3) is 0.786. The van der Waals surface area contributed by atoms with Crippen LogP contribution >= 0.6 is 0 Å². The average molecular weight is 258 g/mol. The molecule has 0 amide bonds. The summed E-state index contributed by atoms with van der Waals surface area (Å²) in [6, 6.07) is 0. The molecule has 0 aliphatic rings. The molecule has 106 valence electrons. The van der Waals surface area contributed by atoms with Gasteiger partial charge in [0.25, 0.3) is 0 Å². The van der Waals surface area contributed by atoms with E-state index in [0.717, 1.165) is 12.8 Å². The minimum atomic E-state index is -0.794. The highest BCUT2D eigenvalue weighted by Crippen LogP contribution is 2.13. The Balaban J connectivity index is 4.21. The van der Waals surface area contributed by atoms with E-state index in [9.17, 15) is 9.90 Å². The zero-order chi connectivity index (χ0) is 14.2. The molecule has 2 N–H and O–H groups in total. The Morgan fingerprint density at radius 3 is 2.33 bits per heavy atom. The number of unbranched alkanes of at least 4 members (excludes halogenated alkanes) is 3. The first kappa shape index (κ1) is 17.0. The summed E-state index contributed by atoms with van der Waals surface area (Å²) in [5, 5.41) is 18.7. The Labute approximate surface area is 111 Å². The summed E-state index contributed by atoms with van der Waals surface area (Å²) in [6.07, 6.45) is 6.94. The van der Waals surface area contributed by atoms with E-state index in [2.05, 4.69) is 6.92 Å². The Morgan fingerprint density at radius 1 is 1.22 bits per heavy atom. The van der Waals surface area contributed by atoms with E-state index < -0.39 is 11.9 Å². The van der Waals surface area contributed by atoms with Gasteiger partial charge < -0.3 is 10.2 Å². The van der Waals surface area contributed by atoms with Gasteiger partial charge >= 0.3 is 5.97 Å². The quantitative estimate of drug-likeness (QED) is 0.379. The predicted molar refractivity (Wildman–Crippen MR) is 73.2 cm³/mol. The lowest BCUT2D eigenvalue weighted by atomic mass is 10.1. The predicted octanol–water partition coefficient (Wildman–Crippen LogP) is 3.15. The molecule has 0 heterocycles. The van der Waals surface area contributed by atoms with Crippen molar-refractivity contribution in [2.24, 2.45) is 5.92 Å². The molecule has 0 aromatic carbocycles. The Hall–Kier alpha value is -1.03. The van der Waals surface area contributed by atoms with Gasteiger partial charge in [-0.2, -0.15) is 0 Å². The number of hydrogen-bond donors (Lipinski definition) is 2. The molecule has 0 rings (SSSR count). The van der Waals surface area contributed by atoms with Crippen LogP contribution in [-0.4, -0.2) is 41.3 Å². The van der Waals surface area contributed by atoms with E-state index >= 15 is 0 Å². The van der Waals surface area contributed by atoms with Gasteiger partial charge in [0.05, 0.1) is 20.6 Å². The van der Waals surface area contributed by atoms with Gasteiger partial charge in [-0.1, -0.05) is 26.2 Å². The Kier molecular flexibility index (Phi) is 7.67.